The summed E-state index contributed by atoms with van der Waals surface area (Å²) in [6, 6.07) is 0. The SMILES string of the molecule is COC(=O)C(CN)c1c(F)cncc1F. The lowest BCUT2D eigenvalue weighted by Gasteiger charge is -2.13. The van der Waals surface area contributed by atoms with Crippen LogP contribution in [0, 0.1) is 11.6 Å². The van der Waals surface area contributed by atoms with Crippen LogP contribution >= 0.6 is 0 Å². The minimum atomic E-state index is -1.14. The van der Waals surface area contributed by atoms with Crippen molar-refractivity contribution in [2.24, 2.45) is 5.73 Å². The summed E-state index contributed by atoms with van der Waals surface area (Å²) in [5, 5.41) is 0. The molecule has 1 aromatic heterocycles. The molecule has 0 radical (unpaired) electrons. The maximum Gasteiger partial charge on any atom is 0.314 e. The van der Waals surface area contributed by atoms with Gasteiger partial charge in [-0.3, -0.25) is 9.78 Å². The van der Waals surface area contributed by atoms with Crippen LogP contribution in [0.15, 0.2) is 12.4 Å². The van der Waals surface area contributed by atoms with E-state index in [9.17, 15) is 13.6 Å². The van der Waals surface area contributed by atoms with Gasteiger partial charge in [-0.05, 0) is 0 Å². The van der Waals surface area contributed by atoms with Crippen molar-refractivity contribution in [2.75, 3.05) is 13.7 Å². The first-order chi connectivity index (χ1) is 7.11. The molecule has 0 amide bonds. The van der Waals surface area contributed by atoms with Gasteiger partial charge in [0.1, 0.15) is 11.6 Å². The van der Waals surface area contributed by atoms with Crippen LogP contribution in [0.4, 0.5) is 8.78 Å². The number of rotatable bonds is 3. The van der Waals surface area contributed by atoms with Gasteiger partial charge in [-0.1, -0.05) is 0 Å². The van der Waals surface area contributed by atoms with Crippen molar-refractivity contribution in [1.82, 2.24) is 4.98 Å². The number of carbonyl (C=O) groups excluding carboxylic acids is 1. The molecule has 4 nitrogen and oxygen atoms in total. The molecule has 0 aliphatic heterocycles. The molecule has 15 heavy (non-hydrogen) atoms. The Bertz CT molecular complexity index is 351. The van der Waals surface area contributed by atoms with E-state index in [-0.39, 0.29) is 6.54 Å². The van der Waals surface area contributed by atoms with E-state index >= 15 is 0 Å². The fourth-order valence-corrected chi connectivity index (χ4v) is 1.23. The Balaban J connectivity index is 3.17. The maximum atomic E-state index is 13.2. The number of methoxy groups -OCH3 is 1. The number of nitrogens with two attached hydrogens (primary N) is 1. The van der Waals surface area contributed by atoms with E-state index < -0.39 is 29.1 Å². The summed E-state index contributed by atoms with van der Waals surface area (Å²) < 4.78 is 30.8. The zero-order valence-corrected chi connectivity index (χ0v) is 8.04. The molecule has 0 bridgehead atoms. The minimum absolute atomic E-state index is 0.232. The quantitative estimate of drug-likeness (QED) is 0.750. The third-order valence-corrected chi connectivity index (χ3v) is 1.96. The first-order valence-electron chi connectivity index (χ1n) is 4.18. The average Bonchev–Trinajstić information content (AvgIpc) is 2.22. The number of aromatic nitrogens is 1. The Labute approximate surface area is 85.1 Å². The van der Waals surface area contributed by atoms with Crippen molar-refractivity contribution >= 4 is 5.97 Å². The molecule has 0 aliphatic rings. The Kier molecular flexibility index (Phi) is 3.68. The topological polar surface area (TPSA) is 65.2 Å². The highest BCUT2D eigenvalue weighted by atomic mass is 19.1. The zero-order valence-electron chi connectivity index (χ0n) is 8.04. The number of halogens is 2. The molecule has 0 saturated heterocycles. The van der Waals surface area contributed by atoms with Gasteiger partial charge < -0.3 is 10.5 Å². The molecule has 0 spiro atoms. The first-order valence-corrected chi connectivity index (χ1v) is 4.18. The molecule has 1 heterocycles. The standard InChI is InChI=1S/C9H10F2N2O2/c1-15-9(14)5(2-12)8-6(10)3-13-4-7(8)11/h3-5H,2,12H2,1H3. The van der Waals surface area contributed by atoms with Crippen molar-refractivity contribution in [3.05, 3.63) is 29.6 Å². The molecular weight excluding hydrogens is 206 g/mol. The predicted octanol–water partition coefficient (Wildman–Crippen LogP) is 0.575. The summed E-state index contributed by atoms with van der Waals surface area (Å²) in [5.74, 6) is -3.73. The van der Waals surface area contributed by atoms with Gasteiger partial charge in [0, 0.05) is 12.1 Å². The maximum absolute atomic E-state index is 13.2. The summed E-state index contributed by atoms with van der Waals surface area (Å²) in [4.78, 5) is 14.5. The molecule has 0 fully saturated rings. The lowest BCUT2D eigenvalue weighted by atomic mass is 9.99. The van der Waals surface area contributed by atoms with Crippen LogP contribution < -0.4 is 5.73 Å². The normalized spacial score (nSPS) is 12.3. The third kappa shape index (κ3) is 2.27. The van der Waals surface area contributed by atoms with E-state index in [0.29, 0.717) is 0 Å². The molecule has 1 aromatic rings. The van der Waals surface area contributed by atoms with Gasteiger partial charge in [0.2, 0.25) is 0 Å². The largest absolute Gasteiger partial charge is 0.469 e. The smallest absolute Gasteiger partial charge is 0.314 e. The molecule has 2 N–H and O–H groups in total. The molecule has 6 heteroatoms. The molecule has 0 saturated carbocycles. The summed E-state index contributed by atoms with van der Waals surface area (Å²) in [6.45, 7) is -0.232. The fourth-order valence-electron chi connectivity index (χ4n) is 1.23. The van der Waals surface area contributed by atoms with Crippen molar-refractivity contribution < 1.29 is 18.3 Å². The van der Waals surface area contributed by atoms with Gasteiger partial charge in [0.15, 0.2) is 0 Å². The fraction of sp³-hybridized carbons (Fsp3) is 0.333. The summed E-state index contributed by atoms with van der Waals surface area (Å²) in [6.07, 6.45) is 1.65. The summed E-state index contributed by atoms with van der Waals surface area (Å²) in [5.41, 5.74) is 4.86. The summed E-state index contributed by atoms with van der Waals surface area (Å²) in [7, 11) is 1.13. The number of hydrogen-bond acceptors (Lipinski definition) is 4. The molecular formula is C9H10F2N2O2. The van der Waals surface area contributed by atoms with Crippen LogP contribution in [-0.4, -0.2) is 24.6 Å². The minimum Gasteiger partial charge on any atom is -0.469 e. The van der Waals surface area contributed by atoms with E-state index in [1.54, 1.807) is 0 Å². The highest BCUT2D eigenvalue weighted by molar-refractivity contribution is 5.78. The van der Waals surface area contributed by atoms with Gasteiger partial charge in [-0.2, -0.15) is 0 Å². The number of hydrogen-bond donors (Lipinski definition) is 1. The van der Waals surface area contributed by atoms with E-state index in [0.717, 1.165) is 19.5 Å². The lowest BCUT2D eigenvalue weighted by molar-refractivity contribution is -0.142. The predicted molar refractivity (Wildman–Crippen MR) is 48.0 cm³/mol. The second-order valence-corrected chi connectivity index (χ2v) is 2.83. The highest BCUT2D eigenvalue weighted by Crippen LogP contribution is 2.21. The van der Waals surface area contributed by atoms with E-state index in [1.165, 1.54) is 0 Å². The first kappa shape index (κ1) is 11.5. The van der Waals surface area contributed by atoms with Crippen LogP contribution in [0.1, 0.15) is 11.5 Å². The van der Waals surface area contributed by atoms with Crippen molar-refractivity contribution in [3.8, 4) is 0 Å². The van der Waals surface area contributed by atoms with E-state index in [1.807, 2.05) is 0 Å². The van der Waals surface area contributed by atoms with Gasteiger partial charge in [0.25, 0.3) is 0 Å². The van der Waals surface area contributed by atoms with Gasteiger partial charge in [0.05, 0.1) is 25.4 Å². The van der Waals surface area contributed by atoms with Gasteiger partial charge in [-0.25, -0.2) is 8.78 Å². The van der Waals surface area contributed by atoms with Gasteiger partial charge >= 0.3 is 5.97 Å². The average molecular weight is 216 g/mol. The molecule has 1 unspecified atom stereocenters. The van der Waals surface area contributed by atoms with Crippen LogP contribution in [0.25, 0.3) is 0 Å². The number of ether oxygens (including phenoxy) is 1. The Morgan fingerprint density at radius 2 is 2.07 bits per heavy atom. The molecule has 0 aromatic carbocycles. The van der Waals surface area contributed by atoms with Gasteiger partial charge in [-0.15, -0.1) is 0 Å². The Morgan fingerprint density at radius 3 is 2.47 bits per heavy atom. The number of nitrogens with zero attached hydrogens (tertiary/aromatic N) is 1. The molecule has 82 valence electrons. The van der Waals surface area contributed by atoms with Crippen molar-refractivity contribution in [2.45, 2.75) is 5.92 Å². The zero-order chi connectivity index (χ0) is 11.4. The van der Waals surface area contributed by atoms with Crippen LogP contribution in [0.2, 0.25) is 0 Å². The molecule has 0 aliphatic carbocycles. The number of pyridine rings is 1. The van der Waals surface area contributed by atoms with Crippen LogP contribution in [0.3, 0.4) is 0 Å². The Morgan fingerprint density at radius 1 is 1.53 bits per heavy atom. The van der Waals surface area contributed by atoms with Crippen molar-refractivity contribution in [3.63, 3.8) is 0 Å². The van der Waals surface area contributed by atoms with E-state index in [2.05, 4.69) is 9.72 Å². The second kappa shape index (κ2) is 4.79. The van der Waals surface area contributed by atoms with E-state index in [4.69, 9.17) is 5.73 Å². The Hall–Kier alpha value is -1.56. The van der Waals surface area contributed by atoms with Crippen LogP contribution in [-0.2, 0) is 9.53 Å². The monoisotopic (exact) mass is 216 g/mol. The number of carbonyl (C=O) groups is 1. The summed E-state index contributed by atoms with van der Waals surface area (Å²) >= 11 is 0. The van der Waals surface area contributed by atoms with Crippen LogP contribution in [0.5, 0.6) is 0 Å². The second-order valence-electron chi connectivity index (χ2n) is 2.83. The molecule has 1 rings (SSSR count). The van der Waals surface area contributed by atoms with Crippen molar-refractivity contribution in [1.29, 1.82) is 0 Å². The third-order valence-electron chi connectivity index (χ3n) is 1.96. The lowest BCUT2D eigenvalue weighted by Crippen LogP contribution is -2.25. The number of esters is 1. The highest BCUT2D eigenvalue weighted by Gasteiger charge is 2.26. The molecule has 1 atom stereocenters.